The van der Waals surface area contributed by atoms with Crippen LogP contribution in [-0.4, -0.2) is 24.0 Å². The van der Waals surface area contributed by atoms with E-state index in [9.17, 15) is 9.59 Å². The summed E-state index contributed by atoms with van der Waals surface area (Å²) in [6, 6.07) is 5.85. The Kier molecular flexibility index (Phi) is 4.31. The van der Waals surface area contributed by atoms with E-state index in [4.69, 9.17) is 4.74 Å². The number of anilines is 1. The van der Waals surface area contributed by atoms with Crippen LogP contribution in [-0.2, 0) is 0 Å². The molecule has 1 aromatic heterocycles. The van der Waals surface area contributed by atoms with Crippen molar-refractivity contribution in [2.45, 2.75) is 6.92 Å². The highest BCUT2D eigenvalue weighted by Crippen LogP contribution is 2.14. The van der Waals surface area contributed by atoms with Gasteiger partial charge >= 0.3 is 6.03 Å². The normalized spacial score (nSPS) is 9.90. The third kappa shape index (κ3) is 3.55. The zero-order valence-electron chi connectivity index (χ0n) is 11.0. The number of hydrogen-bond donors (Lipinski definition) is 2. The van der Waals surface area contributed by atoms with Gasteiger partial charge in [0.05, 0.1) is 12.8 Å². The molecule has 1 aromatic carbocycles. The van der Waals surface area contributed by atoms with Gasteiger partial charge in [-0.25, -0.2) is 9.78 Å². The van der Waals surface area contributed by atoms with E-state index in [1.807, 2.05) is 6.92 Å². The number of nitrogens with one attached hydrogen (secondary N) is 2. The van der Waals surface area contributed by atoms with Crippen LogP contribution < -0.4 is 15.4 Å². The maximum atomic E-state index is 11.8. The summed E-state index contributed by atoms with van der Waals surface area (Å²) in [5.41, 5.74) is 1.18. The van der Waals surface area contributed by atoms with E-state index in [1.165, 1.54) is 11.3 Å². The first kappa shape index (κ1) is 14.0. The second kappa shape index (κ2) is 6.16. The number of aryl methyl sites for hydroxylation is 1. The first-order valence-corrected chi connectivity index (χ1v) is 6.65. The molecule has 0 aliphatic carbocycles. The van der Waals surface area contributed by atoms with Gasteiger partial charge in [-0.2, -0.15) is 0 Å². The lowest BCUT2D eigenvalue weighted by molar-refractivity contribution is 0.0967. The van der Waals surface area contributed by atoms with Gasteiger partial charge < -0.3 is 4.74 Å². The van der Waals surface area contributed by atoms with Crippen LogP contribution >= 0.6 is 11.3 Å². The van der Waals surface area contributed by atoms with Gasteiger partial charge in [0, 0.05) is 10.9 Å². The van der Waals surface area contributed by atoms with E-state index >= 15 is 0 Å². The average Bonchev–Trinajstić information content (AvgIpc) is 2.84. The standard InChI is InChI=1S/C13H13N3O3S/c1-8-7-20-13(14-8)16-12(18)15-11(17)9-3-5-10(19-2)6-4-9/h3-7H,1-2H3,(H2,14,15,16,17,18). The van der Waals surface area contributed by atoms with Crippen molar-refractivity contribution >= 4 is 28.4 Å². The number of thiazole rings is 1. The predicted octanol–water partition coefficient (Wildman–Crippen LogP) is 2.42. The smallest absolute Gasteiger partial charge is 0.327 e. The van der Waals surface area contributed by atoms with Crippen LogP contribution in [0, 0.1) is 6.92 Å². The number of methoxy groups -OCH3 is 1. The molecule has 104 valence electrons. The lowest BCUT2D eigenvalue weighted by atomic mass is 10.2. The van der Waals surface area contributed by atoms with Crippen LogP contribution in [0.5, 0.6) is 5.75 Å². The van der Waals surface area contributed by atoms with E-state index in [-0.39, 0.29) is 0 Å². The third-order valence-corrected chi connectivity index (χ3v) is 3.29. The van der Waals surface area contributed by atoms with Crippen molar-refractivity contribution in [1.82, 2.24) is 10.3 Å². The molecule has 0 bridgehead atoms. The fourth-order valence-electron chi connectivity index (χ4n) is 1.46. The van der Waals surface area contributed by atoms with Crippen molar-refractivity contribution in [3.8, 4) is 5.75 Å². The Balaban J connectivity index is 1.94. The Morgan fingerprint density at radius 1 is 1.25 bits per heavy atom. The molecule has 0 saturated heterocycles. The van der Waals surface area contributed by atoms with Gasteiger partial charge in [0.25, 0.3) is 5.91 Å². The number of amides is 3. The van der Waals surface area contributed by atoms with E-state index in [1.54, 1.807) is 36.8 Å². The number of rotatable bonds is 3. The quantitative estimate of drug-likeness (QED) is 0.910. The Hall–Kier alpha value is -2.41. The van der Waals surface area contributed by atoms with Crippen molar-refractivity contribution in [3.05, 3.63) is 40.9 Å². The van der Waals surface area contributed by atoms with Crippen molar-refractivity contribution < 1.29 is 14.3 Å². The molecule has 2 aromatic rings. The van der Waals surface area contributed by atoms with Crippen LogP contribution in [0.4, 0.5) is 9.93 Å². The molecule has 0 aliphatic heterocycles. The van der Waals surface area contributed by atoms with Crippen LogP contribution in [0.1, 0.15) is 16.1 Å². The number of nitrogens with zero attached hydrogens (tertiary/aromatic N) is 1. The minimum absolute atomic E-state index is 0.372. The Labute approximate surface area is 119 Å². The van der Waals surface area contributed by atoms with Crippen LogP contribution in [0.3, 0.4) is 0 Å². The highest BCUT2D eigenvalue weighted by Gasteiger charge is 2.11. The summed E-state index contributed by atoms with van der Waals surface area (Å²) in [4.78, 5) is 27.5. The molecule has 6 nitrogen and oxygen atoms in total. The Bertz CT molecular complexity index is 622. The van der Waals surface area contributed by atoms with Gasteiger partial charge in [0.2, 0.25) is 0 Å². The fraction of sp³-hybridized carbons (Fsp3) is 0.154. The molecule has 1 heterocycles. The largest absolute Gasteiger partial charge is 0.497 e. The Morgan fingerprint density at radius 2 is 1.95 bits per heavy atom. The number of imide groups is 1. The molecule has 0 aliphatic rings. The number of hydrogen-bond acceptors (Lipinski definition) is 5. The van der Waals surface area contributed by atoms with Gasteiger partial charge in [0.1, 0.15) is 5.75 Å². The van der Waals surface area contributed by atoms with Gasteiger partial charge in [-0.15, -0.1) is 11.3 Å². The molecular formula is C13H13N3O3S. The van der Waals surface area contributed by atoms with Gasteiger partial charge in [-0.3, -0.25) is 15.4 Å². The topological polar surface area (TPSA) is 80.3 Å². The lowest BCUT2D eigenvalue weighted by Gasteiger charge is -2.05. The maximum absolute atomic E-state index is 11.8. The summed E-state index contributed by atoms with van der Waals surface area (Å²) in [6.07, 6.45) is 0. The number of benzene rings is 1. The number of carbonyl (C=O) groups is 2. The highest BCUT2D eigenvalue weighted by molar-refractivity contribution is 7.13. The minimum atomic E-state index is -0.611. The van der Waals surface area contributed by atoms with E-state index < -0.39 is 11.9 Å². The molecule has 2 rings (SSSR count). The van der Waals surface area contributed by atoms with Gasteiger partial charge in [0.15, 0.2) is 5.13 Å². The van der Waals surface area contributed by atoms with Crippen molar-refractivity contribution in [2.75, 3.05) is 12.4 Å². The second-order valence-corrected chi connectivity index (χ2v) is 4.79. The maximum Gasteiger partial charge on any atom is 0.327 e. The van der Waals surface area contributed by atoms with E-state index in [2.05, 4.69) is 15.6 Å². The zero-order valence-corrected chi connectivity index (χ0v) is 11.8. The Morgan fingerprint density at radius 3 is 2.50 bits per heavy atom. The van der Waals surface area contributed by atoms with Crippen LogP contribution in [0.15, 0.2) is 29.6 Å². The summed E-state index contributed by atoms with van der Waals surface area (Å²) in [5.74, 6) is 0.155. The fourth-order valence-corrected chi connectivity index (χ4v) is 2.14. The summed E-state index contributed by atoms with van der Waals surface area (Å²) in [5, 5.41) is 6.98. The monoisotopic (exact) mass is 291 g/mol. The SMILES string of the molecule is COc1ccc(C(=O)NC(=O)Nc2nc(C)cs2)cc1. The molecule has 7 heteroatoms. The first-order valence-electron chi connectivity index (χ1n) is 5.77. The average molecular weight is 291 g/mol. The third-order valence-electron chi connectivity index (χ3n) is 2.42. The van der Waals surface area contributed by atoms with Gasteiger partial charge in [-0.05, 0) is 31.2 Å². The molecule has 0 atom stereocenters. The van der Waals surface area contributed by atoms with Gasteiger partial charge in [-0.1, -0.05) is 0 Å². The van der Waals surface area contributed by atoms with Crippen LogP contribution in [0.25, 0.3) is 0 Å². The summed E-state index contributed by atoms with van der Waals surface area (Å²) in [7, 11) is 1.54. The predicted molar refractivity (Wildman–Crippen MR) is 76.3 cm³/mol. The molecule has 3 amide bonds. The second-order valence-electron chi connectivity index (χ2n) is 3.93. The summed E-state index contributed by atoms with van der Waals surface area (Å²) < 4.78 is 4.99. The number of aromatic nitrogens is 1. The van der Waals surface area contributed by atoms with Crippen LogP contribution in [0.2, 0.25) is 0 Å². The number of urea groups is 1. The lowest BCUT2D eigenvalue weighted by Crippen LogP contribution is -2.34. The van der Waals surface area contributed by atoms with Crippen molar-refractivity contribution in [2.24, 2.45) is 0 Å². The van der Waals surface area contributed by atoms with E-state index in [0.29, 0.717) is 16.4 Å². The number of ether oxygens (including phenoxy) is 1. The molecule has 0 fully saturated rings. The molecule has 0 unspecified atom stereocenters. The molecular weight excluding hydrogens is 278 g/mol. The molecule has 20 heavy (non-hydrogen) atoms. The number of carbonyl (C=O) groups excluding carboxylic acids is 2. The minimum Gasteiger partial charge on any atom is -0.497 e. The molecule has 2 N–H and O–H groups in total. The zero-order chi connectivity index (χ0) is 14.5. The van der Waals surface area contributed by atoms with Crippen molar-refractivity contribution in [3.63, 3.8) is 0 Å². The molecule has 0 radical (unpaired) electrons. The summed E-state index contributed by atoms with van der Waals surface area (Å²) >= 11 is 1.29. The molecule has 0 spiro atoms. The summed E-state index contributed by atoms with van der Waals surface area (Å²) in [6.45, 7) is 1.82. The van der Waals surface area contributed by atoms with Crippen molar-refractivity contribution in [1.29, 1.82) is 0 Å². The molecule has 0 saturated carbocycles. The van der Waals surface area contributed by atoms with E-state index in [0.717, 1.165) is 5.69 Å². The first-order chi connectivity index (χ1) is 9.58. The highest BCUT2D eigenvalue weighted by atomic mass is 32.1.